The van der Waals surface area contributed by atoms with Gasteiger partial charge >= 0.3 is 5.97 Å². The van der Waals surface area contributed by atoms with Crippen LogP contribution in [0.25, 0.3) is 0 Å². The normalized spacial score (nSPS) is 13.7. The van der Waals surface area contributed by atoms with Gasteiger partial charge in [0.25, 0.3) is 0 Å². The third kappa shape index (κ3) is 18.9. The lowest BCUT2D eigenvalue weighted by atomic mass is 10.1. The molecule has 0 saturated heterocycles. The maximum absolute atomic E-state index is 11.2. The summed E-state index contributed by atoms with van der Waals surface area (Å²) in [4.78, 5) is 15.7. The van der Waals surface area contributed by atoms with Gasteiger partial charge in [-0.3, -0.25) is 10.1 Å². The van der Waals surface area contributed by atoms with E-state index in [0.717, 1.165) is 44.9 Å². The summed E-state index contributed by atoms with van der Waals surface area (Å²) in [6, 6.07) is 0. The molecular formula is C24H38O4. The van der Waals surface area contributed by atoms with Gasteiger partial charge in [0.15, 0.2) is 0 Å². The molecule has 1 atom stereocenters. The van der Waals surface area contributed by atoms with Gasteiger partial charge in [0.1, 0.15) is 6.10 Å². The molecule has 4 nitrogen and oxygen atoms in total. The minimum atomic E-state index is -0.334. The van der Waals surface area contributed by atoms with Gasteiger partial charge < -0.3 is 4.74 Å². The van der Waals surface area contributed by atoms with E-state index in [9.17, 15) is 4.79 Å². The van der Waals surface area contributed by atoms with Crippen LogP contribution in [-0.4, -0.2) is 23.9 Å². The van der Waals surface area contributed by atoms with E-state index >= 15 is 0 Å². The number of carbonyl (C=O) groups excluding carboxylic acids is 1. The first kappa shape index (κ1) is 26.1. The average Bonchev–Trinajstić information content (AvgIpc) is 2.69. The molecule has 0 aromatic heterocycles. The second-order valence-corrected chi connectivity index (χ2v) is 6.39. The number of carbonyl (C=O) groups is 1. The molecule has 0 aromatic carbocycles. The third-order valence-corrected chi connectivity index (χ3v) is 3.91. The lowest BCUT2D eigenvalue weighted by Crippen LogP contribution is -2.04. The highest BCUT2D eigenvalue weighted by atomic mass is 17.1. The van der Waals surface area contributed by atoms with E-state index in [-0.39, 0.29) is 12.1 Å². The van der Waals surface area contributed by atoms with Gasteiger partial charge in [-0.15, -0.1) is 0 Å². The van der Waals surface area contributed by atoms with Crippen LogP contribution in [0, 0.1) is 0 Å². The van der Waals surface area contributed by atoms with Crippen molar-refractivity contribution in [1.29, 1.82) is 0 Å². The summed E-state index contributed by atoms with van der Waals surface area (Å²) in [6.07, 6.45) is 28.2. The van der Waals surface area contributed by atoms with Crippen LogP contribution in [0.15, 0.2) is 60.8 Å². The van der Waals surface area contributed by atoms with Crippen molar-refractivity contribution in [2.75, 3.05) is 6.61 Å². The molecule has 0 radical (unpaired) electrons. The maximum Gasteiger partial charge on any atom is 0.305 e. The number of allylic oxidation sites excluding steroid dienone is 8. The highest BCUT2D eigenvalue weighted by molar-refractivity contribution is 5.69. The number of rotatable bonds is 17. The minimum Gasteiger partial charge on any atom is -0.466 e. The van der Waals surface area contributed by atoms with Crippen molar-refractivity contribution in [3.05, 3.63) is 60.8 Å². The SMILES string of the molecule is CC/C=C\C/C=C\C/C=C\C=C\C(C/C=C\CCCCCC(=O)OCC)OO. The number of hydrogen-bond donors (Lipinski definition) is 1. The van der Waals surface area contributed by atoms with Gasteiger partial charge in [-0.05, 0) is 51.9 Å². The first-order valence-electron chi connectivity index (χ1n) is 10.5. The maximum atomic E-state index is 11.2. The highest BCUT2D eigenvalue weighted by Crippen LogP contribution is 2.07. The van der Waals surface area contributed by atoms with E-state index in [1.165, 1.54) is 0 Å². The van der Waals surface area contributed by atoms with Crippen LogP contribution in [-0.2, 0) is 14.4 Å². The molecule has 1 unspecified atom stereocenters. The Bertz CT molecular complexity index is 501. The van der Waals surface area contributed by atoms with E-state index in [1.54, 1.807) is 0 Å². The van der Waals surface area contributed by atoms with Crippen molar-refractivity contribution in [2.24, 2.45) is 0 Å². The van der Waals surface area contributed by atoms with Crippen molar-refractivity contribution in [2.45, 2.75) is 77.7 Å². The Morgan fingerprint density at radius 3 is 2.36 bits per heavy atom. The molecule has 1 N–H and O–H groups in total. The topological polar surface area (TPSA) is 55.8 Å². The molecule has 0 spiro atoms. The van der Waals surface area contributed by atoms with E-state index in [2.05, 4.69) is 48.3 Å². The van der Waals surface area contributed by atoms with Crippen LogP contribution < -0.4 is 0 Å². The average molecular weight is 391 g/mol. The molecule has 0 saturated carbocycles. The van der Waals surface area contributed by atoms with E-state index in [0.29, 0.717) is 19.4 Å². The van der Waals surface area contributed by atoms with Crippen molar-refractivity contribution in [1.82, 2.24) is 0 Å². The Kier molecular flexibility index (Phi) is 19.9. The summed E-state index contributed by atoms with van der Waals surface area (Å²) < 4.78 is 4.90. The number of esters is 1. The Morgan fingerprint density at radius 1 is 0.893 bits per heavy atom. The molecule has 0 aromatic rings. The highest BCUT2D eigenvalue weighted by Gasteiger charge is 2.01. The molecule has 0 aliphatic rings. The molecule has 0 heterocycles. The predicted octanol–water partition coefficient (Wildman–Crippen LogP) is 6.72. The van der Waals surface area contributed by atoms with Crippen LogP contribution in [0.3, 0.4) is 0 Å². The molecule has 158 valence electrons. The van der Waals surface area contributed by atoms with Crippen LogP contribution in [0.1, 0.15) is 71.6 Å². The minimum absolute atomic E-state index is 0.109. The molecule has 0 bridgehead atoms. The summed E-state index contributed by atoms with van der Waals surface area (Å²) in [7, 11) is 0. The molecule has 0 fully saturated rings. The summed E-state index contributed by atoms with van der Waals surface area (Å²) in [6.45, 7) is 4.41. The van der Waals surface area contributed by atoms with E-state index < -0.39 is 0 Å². The Balaban J connectivity index is 3.79. The van der Waals surface area contributed by atoms with Gasteiger partial charge in [0.2, 0.25) is 0 Å². The van der Waals surface area contributed by atoms with Gasteiger partial charge in [-0.2, -0.15) is 0 Å². The zero-order valence-electron chi connectivity index (χ0n) is 17.6. The van der Waals surface area contributed by atoms with Crippen LogP contribution >= 0.6 is 0 Å². The lowest BCUT2D eigenvalue weighted by molar-refractivity contribution is -0.264. The third-order valence-electron chi connectivity index (χ3n) is 3.91. The Labute approximate surface area is 171 Å². The van der Waals surface area contributed by atoms with Crippen LogP contribution in [0.5, 0.6) is 0 Å². The van der Waals surface area contributed by atoms with Crippen LogP contribution in [0.4, 0.5) is 0 Å². The molecule has 28 heavy (non-hydrogen) atoms. The molecule has 4 heteroatoms. The van der Waals surface area contributed by atoms with Crippen molar-refractivity contribution in [3.8, 4) is 0 Å². The van der Waals surface area contributed by atoms with Gasteiger partial charge in [-0.1, -0.05) is 74.1 Å². The predicted molar refractivity (Wildman–Crippen MR) is 117 cm³/mol. The van der Waals surface area contributed by atoms with Crippen LogP contribution in [0.2, 0.25) is 0 Å². The first-order valence-corrected chi connectivity index (χ1v) is 10.5. The monoisotopic (exact) mass is 390 g/mol. The van der Waals surface area contributed by atoms with E-state index in [4.69, 9.17) is 9.99 Å². The lowest BCUT2D eigenvalue weighted by Gasteiger charge is -2.04. The standard InChI is InChI=1S/C24H38O4/c1-3-5-6-7-8-9-10-11-14-17-20-23(28-26)21-18-15-12-13-16-19-22-24(25)27-4-2/h5-6,8-9,11,14-15,17-18,20,23,26H,3-4,7,10,12-13,16,19,21-22H2,1-2H3/b6-5-,9-8-,14-11-,18-15-,20-17+. The number of ether oxygens (including phenoxy) is 1. The molecule has 0 rings (SSSR count). The summed E-state index contributed by atoms with van der Waals surface area (Å²) in [5.74, 6) is -0.109. The number of unbranched alkanes of at least 4 members (excludes halogenated alkanes) is 3. The van der Waals surface area contributed by atoms with E-state index in [1.807, 2.05) is 31.2 Å². The summed E-state index contributed by atoms with van der Waals surface area (Å²) in [5.41, 5.74) is 0. The quantitative estimate of drug-likeness (QED) is 0.0748. The molecule has 0 aliphatic carbocycles. The molecular weight excluding hydrogens is 352 g/mol. The fourth-order valence-electron chi connectivity index (χ4n) is 2.40. The molecule has 0 aliphatic heterocycles. The Morgan fingerprint density at radius 2 is 1.64 bits per heavy atom. The number of hydrogen-bond acceptors (Lipinski definition) is 4. The summed E-state index contributed by atoms with van der Waals surface area (Å²) in [5, 5.41) is 8.97. The second-order valence-electron chi connectivity index (χ2n) is 6.39. The fraction of sp³-hybridized carbons (Fsp3) is 0.542. The van der Waals surface area contributed by atoms with Crippen molar-refractivity contribution in [3.63, 3.8) is 0 Å². The molecule has 0 amide bonds. The smallest absolute Gasteiger partial charge is 0.305 e. The van der Waals surface area contributed by atoms with Gasteiger partial charge in [-0.25, -0.2) is 4.89 Å². The van der Waals surface area contributed by atoms with Gasteiger partial charge in [0.05, 0.1) is 6.61 Å². The van der Waals surface area contributed by atoms with Crippen molar-refractivity contribution < 1.29 is 19.7 Å². The summed E-state index contributed by atoms with van der Waals surface area (Å²) >= 11 is 0. The first-order chi connectivity index (χ1) is 13.7. The van der Waals surface area contributed by atoms with Gasteiger partial charge in [0, 0.05) is 6.42 Å². The zero-order valence-corrected chi connectivity index (χ0v) is 17.6. The second kappa shape index (κ2) is 21.4. The fourth-order valence-corrected chi connectivity index (χ4v) is 2.40. The largest absolute Gasteiger partial charge is 0.466 e. The zero-order chi connectivity index (χ0) is 20.7. The van der Waals surface area contributed by atoms with Crippen molar-refractivity contribution >= 4 is 5.97 Å². The Hall–Kier alpha value is -1.91.